The van der Waals surface area contributed by atoms with Crippen molar-refractivity contribution >= 4 is 23.2 Å². The van der Waals surface area contributed by atoms with E-state index in [0.29, 0.717) is 10.9 Å². The Morgan fingerprint density at radius 3 is 2.47 bits per heavy atom. The number of nitrogens with zero attached hydrogens (tertiary/aromatic N) is 1. The molecule has 1 rings (SSSR count). The van der Waals surface area contributed by atoms with Gasteiger partial charge >= 0.3 is 0 Å². The smallest absolute Gasteiger partial charge is 0.0465 e. The van der Waals surface area contributed by atoms with E-state index in [4.69, 9.17) is 23.2 Å². The Morgan fingerprint density at radius 2 is 1.93 bits per heavy atom. The van der Waals surface area contributed by atoms with E-state index in [2.05, 4.69) is 25.8 Å². The third kappa shape index (κ3) is 4.42. The van der Waals surface area contributed by atoms with Crippen molar-refractivity contribution in [3.05, 3.63) is 33.8 Å². The van der Waals surface area contributed by atoms with Gasteiger partial charge in [0.25, 0.3) is 0 Å². The number of benzene rings is 1. The minimum Gasteiger partial charge on any atom is -0.302 e. The molecule has 0 bridgehead atoms. The van der Waals surface area contributed by atoms with Crippen LogP contribution in [0.1, 0.15) is 19.4 Å². The molecule has 0 saturated carbocycles. The first-order valence-electron chi connectivity index (χ1n) is 5.11. The van der Waals surface area contributed by atoms with Crippen LogP contribution in [0.5, 0.6) is 0 Å². The second kappa shape index (κ2) is 5.74. The number of rotatable bonds is 4. The van der Waals surface area contributed by atoms with Crippen LogP contribution < -0.4 is 0 Å². The van der Waals surface area contributed by atoms with E-state index in [9.17, 15) is 0 Å². The van der Waals surface area contributed by atoms with Crippen LogP contribution in [0.2, 0.25) is 10.0 Å². The summed E-state index contributed by atoms with van der Waals surface area (Å²) in [5.74, 6) is 0.668. The normalized spacial score (nSPS) is 11.4. The summed E-state index contributed by atoms with van der Waals surface area (Å²) in [6.45, 7) is 6.35. The van der Waals surface area contributed by atoms with Crippen molar-refractivity contribution in [2.45, 2.75) is 20.4 Å². The van der Waals surface area contributed by atoms with Crippen LogP contribution in [0.4, 0.5) is 0 Å². The Labute approximate surface area is 102 Å². The molecule has 0 heterocycles. The van der Waals surface area contributed by atoms with E-state index in [-0.39, 0.29) is 0 Å². The summed E-state index contributed by atoms with van der Waals surface area (Å²) >= 11 is 11.9. The van der Waals surface area contributed by atoms with E-state index in [0.717, 1.165) is 23.7 Å². The van der Waals surface area contributed by atoms with Crippen molar-refractivity contribution in [2.24, 2.45) is 5.92 Å². The molecule has 0 atom stereocenters. The molecule has 0 amide bonds. The van der Waals surface area contributed by atoms with Crippen molar-refractivity contribution in [3.63, 3.8) is 0 Å². The van der Waals surface area contributed by atoms with Gasteiger partial charge in [-0.05, 0) is 30.7 Å². The number of halogens is 2. The number of hydrogen-bond acceptors (Lipinski definition) is 1. The van der Waals surface area contributed by atoms with Gasteiger partial charge in [-0.1, -0.05) is 43.1 Å². The van der Waals surface area contributed by atoms with Crippen molar-refractivity contribution in [1.29, 1.82) is 0 Å². The molecule has 0 radical (unpaired) electrons. The molecule has 0 N–H and O–H groups in total. The molecule has 1 aromatic rings. The van der Waals surface area contributed by atoms with Crippen molar-refractivity contribution < 1.29 is 0 Å². The number of hydrogen-bond donors (Lipinski definition) is 0. The van der Waals surface area contributed by atoms with Gasteiger partial charge in [0.2, 0.25) is 0 Å². The first-order chi connectivity index (χ1) is 6.99. The van der Waals surface area contributed by atoms with E-state index in [1.165, 1.54) is 0 Å². The van der Waals surface area contributed by atoms with Crippen molar-refractivity contribution in [3.8, 4) is 0 Å². The van der Waals surface area contributed by atoms with Gasteiger partial charge in [0.05, 0.1) is 0 Å². The van der Waals surface area contributed by atoms with Gasteiger partial charge in [-0.3, -0.25) is 0 Å². The summed E-state index contributed by atoms with van der Waals surface area (Å²) in [5, 5.41) is 1.44. The zero-order valence-corrected chi connectivity index (χ0v) is 10.9. The maximum atomic E-state index is 6.10. The fraction of sp³-hybridized carbons (Fsp3) is 0.500. The van der Waals surface area contributed by atoms with Gasteiger partial charge in [0.1, 0.15) is 0 Å². The predicted octanol–water partition coefficient (Wildman–Crippen LogP) is 4.08. The highest BCUT2D eigenvalue weighted by atomic mass is 35.5. The van der Waals surface area contributed by atoms with Crippen LogP contribution >= 0.6 is 23.2 Å². The maximum absolute atomic E-state index is 6.10. The molecule has 0 aliphatic rings. The average Bonchev–Trinajstić information content (AvgIpc) is 2.08. The summed E-state index contributed by atoms with van der Waals surface area (Å²) in [6, 6.07) is 5.66. The van der Waals surface area contributed by atoms with Crippen LogP contribution in [-0.4, -0.2) is 18.5 Å². The highest BCUT2D eigenvalue weighted by molar-refractivity contribution is 6.35. The third-order valence-electron chi connectivity index (χ3n) is 2.13. The lowest BCUT2D eigenvalue weighted by Gasteiger charge is -2.19. The molecule has 84 valence electrons. The van der Waals surface area contributed by atoms with Gasteiger partial charge < -0.3 is 4.90 Å². The standard InChI is InChI=1S/C12H17Cl2N/c1-9(2)7-15(3)8-10-4-5-11(13)6-12(10)14/h4-6,9H,7-8H2,1-3H3. The molecule has 0 unspecified atom stereocenters. The first-order valence-corrected chi connectivity index (χ1v) is 5.87. The lowest BCUT2D eigenvalue weighted by molar-refractivity contribution is 0.288. The van der Waals surface area contributed by atoms with Gasteiger partial charge in [0.15, 0.2) is 0 Å². The van der Waals surface area contributed by atoms with Gasteiger partial charge in [0, 0.05) is 23.1 Å². The second-order valence-corrected chi connectivity index (χ2v) is 5.17. The highest BCUT2D eigenvalue weighted by Gasteiger charge is 2.06. The van der Waals surface area contributed by atoms with Crippen LogP contribution in [-0.2, 0) is 6.54 Å². The van der Waals surface area contributed by atoms with Gasteiger partial charge in [-0.15, -0.1) is 0 Å². The minimum absolute atomic E-state index is 0.668. The summed E-state index contributed by atoms with van der Waals surface area (Å²) in [5.41, 5.74) is 1.13. The van der Waals surface area contributed by atoms with Crippen molar-refractivity contribution in [2.75, 3.05) is 13.6 Å². The Kier molecular flexibility index (Phi) is 4.91. The molecule has 0 aliphatic heterocycles. The lowest BCUT2D eigenvalue weighted by atomic mass is 10.1. The van der Waals surface area contributed by atoms with Crippen LogP contribution in [0, 0.1) is 5.92 Å². The molecular formula is C12H17Cl2N. The molecule has 0 aliphatic carbocycles. The monoisotopic (exact) mass is 245 g/mol. The average molecular weight is 246 g/mol. The van der Waals surface area contributed by atoms with Gasteiger partial charge in [-0.2, -0.15) is 0 Å². The molecule has 1 nitrogen and oxygen atoms in total. The van der Waals surface area contributed by atoms with Crippen LogP contribution in [0.25, 0.3) is 0 Å². The molecule has 0 aromatic heterocycles. The highest BCUT2D eigenvalue weighted by Crippen LogP contribution is 2.22. The summed E-state index contributed by atoms with van der Waals surface area (Å²) < 4.78 is 0. The van der Waals surface area contributed by atoms with E-state index < -0.39 is 0 Å². The Bertz CT molecular complexity index is 323. The van der Waals surface area contributed by atoms with E-state index >= 15 is 0 Å². The molecule has 0 fully saturated rings. The Hall–Kier alpha value is -0.240. The maximum Gasteiger partial charge on any atom is 0.0465 e. The summed E-state index contributed by atoms with van der Waals surface area (Å²) in [6.07, 6.45) is 0. The molecule has 0 saturated heterocycles. The zero-order valence-electron chi connectivity index (χ0n) is 9.43. The zero-order chi connectivity index (χ0) is 11.4. The fourth-order valence-electron chi connectivity index (χ4n) is 1.63. The van der Waals surface area contributed by atoms with Crippen LogP contribution in [0.3, 0.4) is 0 Å². The predicted molar refractivity (Wildman–Crippen MR) is 67.6 cm³/mol. The lowest BCUT2D eigenvalue weighted by Crippen LogP contribution is -2.22. The Morgan fingerprint density at radius 1 is 1.27 bits per heavy atom. The second-order valence-electron chi connectivity index (χ2n) is 4.33. The van der Waals surface area contributed by atoms with E-state index in [1.54, 1.807) is 6.07 Å². The SMILES string of the molecule is CC(C)CN(C)Cc1ccc(Cl)cc1Cl. The molecule has 3 heteroatoms. The van der Waals surface area contributed by atoms with Crippen LogP contribution in [0.15, 0.2) is 18.2 Å². The summed E-state index contributed by atoms with van der Waals surface area (Å²) in [7, 11) is 2.10. The molecule has 15 heavy (non-hydrogen) atoms. The van der Waals surface area contributed by atoms with E-state index in [1.807, 2.05) is 12.1 Å². The van der Waals surface area contributed by atoms with Gasteiger partial charge in [-0.25, -0.2) is 0 Å². The third-order valence-corrected chi connectivity index (χ3v) is 2.72. The fourth-order valence-corrected chi connectivity index (χ4v) is 2.10. The molecule has 0 spiro atoms. The largest absolute Gasteiger partial charge is 0.302 e. The molecular weight excluding hydrogens is 229 g/mol. The Balaban J connectivity index is 2.64. The summed E-state index contributed by atoms with van der Waals surface area (Å²) in [4.78, 5) is 2.26. The first kappa shape index (κ1) is 12.8. The minimum atomic E-state index is 0.668. The van der Waals surface area contributed by atoms with Crippen molar-refractivity contribution in [1.82, 2.24) is 4.90 Å². The molecule has 1 aromatic carbocycles. The topological polar surface area (TPSA) is 3.24 Å². The quantitative estimate of drug-likeness (QED) is 0.773.